The van der Waals surface area contributed by atoms with E-state index >= 15 is 0 Å². The fourth-order valence-corrected chi connectivity index (χ4v) is 3.71. The molecule has 4 bridgehead atoms. The first kappa shape index (κ1) is 25.2. The minimum Gasteiger partial charge on any atom is -0.492 e. The van der Waals surface area contributed by atoms with Gasteiger partial charge >= 0.3 is 6.09 Å². The first-order chi connectivity index (χ1) is 17.0. The summed E-state index contributed by atoms with van der Waals surface area (Å²) in [5.74, 6) is -0.814. The predicted molar refractivity (Wildman–Crippen MR) is 130 cm³/mol. The minimum atomic E-state index is -0.729. The summed E-state index contributed by atoms with van der Waals surface area (Å²) in [4.78, 5) is 31.5. The van der Waals surface area contributed by atoms with Crippen LogP contribution in [0.3, 0.4) is 0 Å². The number of benzene rings is 1. The quantitative estimate of drug-likeness (QED) is 0.547. The Bertz CT molecular complexity index is 1320. The molecule has 192 valence electrons. The smallest absolute Gasteiger partial charge is 0.414 e. The van der Waals surface area contributed by atoms with Crippen molar-refractivity contribution in [1.82, 2.24) is 19.9 Å². The monoisotopic (exact) mass is 500 g/mol. The standard InChI is InChI=1S/C24H29FN6O5/c1-13-11-35-12-14-7-15(25)20(34-6)16(8-14)28-19-9-17(30(5)23(33)36-24(2,3)4)21-26-10-18(22(32)27-13)31(21)29-19/h7-10,13H,11-12H2,1-6H3,(H,27,32)(H,28,29)/t13-/m1/s1. The highest BCUT2D eigenvalue weighted by Gasteiger charge is 2.26. The summed E-state index contributed by atoms with van der Waals surface area (Å²) in [6.07, 6.45) is 0.745. The molecule has 0 fully saturated rings. The van der Waals surface area contributed by atoms with E-state index in [-0.39, 0.29) is 42.2 Å². The van der Waals surface area contributed by atoms with E-state index in [0.29, 0.717) is 16.9 Å². The van der Waals surface area contributed by atoms with Crippen LogP contribution in [0, 0.1) is 5.82 Å². The molecule has 1 aromatic carbocycles. The van der Waals surface area contributed by atoms with E-state index in [1.165, 1.54) is 35.8 Å². The summed E-state index contributed by atoms with van der Waals surface area (Å²) in [5.41, 5.74) is 0.838. The van der Waals surface area contributed by atoms with Gasteiger partial charge in [0.05, 0.1) is 37.9 Å². The maximum Gasteiger partial charge on any atom is 0.414 e. The molecule has 0 saturated carbocycles. The Hall–Kier alpha value is -3.93. The number of aromatic nitrogens is 3. The van der Waals surface area contributed by atoms with Gasteiger partial charge in [0.15, 0.2) is 28.7 Å². The van der Waals surface area contributed by atoms with Crippen LogP contribution in [0.1, 0.15) is 43.7 Å². The van der Waals surface area contributed by atoms with Crippen LogP contribution in [-0.4, -0.2) is 59.0 Å². The minimum absolute atomic E-state index is 0.0215. The number of nitrogens with zero attached hydrogens (tertiary/aromatic N) is 4. The van der Waals surface area contributed by atoms with E-state index in [2.05, 4.69) is 20.7 Å². The zero-order chi connectivity index (χ0) is 26.2. The molecule has 0 spiro atoms. The van der Waals surface area contributed by atoms with Gasteiger partial charge in [-0.25, -0.2) is 18.7 Å². The number of hydrogen-bond acceptors (Lipinski definition) is 8. The number of methoxy groups -OCH3 is 1. The van der Waals surface area contributed by atoms with E-state index in [4.69, 9.17) is 14.2 Å². The van der Waals surface area contributed by atoms with Crippen molar-refractivity contribution in [3.05, 3.63) is 41.5 Å². The van der Waals surface area contributed by atoms with Crippen molar-refractivity contribution < 1.29 is 28.2 Å². The van der Waals surface area contributed by atoms with Crippen LogP contribution in [0.15, 0.2) is 24.4 Å². The van der Waals surface area contributed by atoms with Gasteiger partial charge < -0.3 is 24.8 Å². The Morgan fingerprint density at radius 3 is 2.75 bits per heavy atom. The molecule has 1 aliphatic heterocycles. The fourth-order valence-electron chi connectivity index (χ4n) is 3.71. The third kappa shape index (κ3) is 5.18. The number of imidazole rings is 1. The van der Waals surface area contributed by atoms with Gasteiger partial charge in [-0.05, 0) is 45.4 Å². The Morgan fingerprint density at radius 1 is 1.31 bits per heavy atom. The number of fused-ring (bicyclic) bond motifs is 3. The molecule has 2 N–H and O–H groups in total. The van der Waals surface area contributed by atoms with Crippen LogP contribution in [0.2, 0.25) is 0 Å². The van der Waals surface area contributed by atoms with Crippen molar-refractivity contribution >= 4 is 34.8 Å². The number of rotatable bonds is 2. The van der Waals surface area contributed by atoms with Crippen LogP contribution in [0.4, 0.5) is 26.4 Å². The first-order valence-electron chi connectivity index (χ1n) is 11.3. The Balaban J connectivity index is 1.90. The van der Waals surface area contributed by atoms with Crippen molar-refractivity contribution in [1.29, 1.82) is 0 Å². The molecule has 2 amide bonds. The molecule has 11 nitrogen and oxygen atoms in total. The molecule has 1 aliphatic rings. The van der Waals surface area contributed by atoms with Gasteiger partial charge in [0.1, 0.15) is 5.60 Å². The molecule has 2 aromatic heterocycles. The van der Waals surface area contributed by atoms with Crippen LogP contribution < -0.4 is 20.3 Å². The lowest BCUT2D eigenvalue weighted by Crippen LogP contribution is -2.37. The molecular formula is C24H29FN6O5. The zero-order valence-corrected chi connectivity index (χ0v) is 21.0. The normalized spacial score (nSPS) is 16.2. The summed E-state index contributed by atoms with van der Waals surface area (Å²) in [7, 11) is 2.89. The van der Waals surface area contributed by atoms with Crippen molar-refractivity contribution in [3.63, 3.8) is 0 Å². The number of ether oxygens (including phenoxy) is 3. The van der Waals surface area contributed by atoms with Crippen molar-refractivity contribution in [3.8, 4) is 5.75 Å². The van der Waals surface area contributed by atoms with E-state index in [1.807, 2.05) is 0 Å². The van der Waals surface area contributed by atoms with Gasteiger partial charge in [-0.2, -0.15) is 0 Å². The van der Waals surface area contributed by atoms with E-state index in [0.717, 1.165) is 0 Å². The van der Waals surface area contributed by atoms with Crippen LogP contribution in [0.25, 0.3) is 5.65 Å². The van der Waals surface area contributed by atoms with Gasteiger partial charge in [-0.15, -0.1) is 5.10 Å². The number of carbonyl (C=O) groups excluding carboxylic acids is 2. The number of hydrogen-bond donors (Lipinski definition) is 2. The zero-order valence-electron chi connectivity index (χ0n) is 21.0. The van der Waals surface area contributed by atoms with Gasteiger partial charge in [0.25, 0.3) is 5.91 Å². The molecule has 3 heterocycles. The largest absolute Gasteiger partial charge is 0.492 e. The molecule has 1 atom stereocenters. The van der Waals surface area contributed by atoms with Crippen LogP contribution in [0.5, 0.6) is 5.75 Å². The lowest BCUT2D eigenvalue weighted by Gasteiger charge is -2.25. The highest BCUT2D eigenvalue weighted by molar-refractivity contribution is 5.96. The summed E-state index contributed by atoms with van der Waals surface area (Å²) in [5, 5.41) is 10.4. The van der Waals surface area contributed by atoms with Crippen LogP contribution >= 0.6 is 0 Å². The van der Waals surface area contributed by atoms with E-state index in [1.54, 1.807) is 39.8 Å². The second-order valence-corrected chi connectivity index (χ2v) is 9.51. The van der Waals surface area contributed by atoms with Crippen molar-refractivity contribution in [2.24, 2.45) is 0 Å². The lowest BCUT2D eigenvalue weighted by molar-refractivity contribution is 0.0589. The molecular weight excluding hydrogens is 471 g/mol. The molecule has 3 aromatic rings. The van der Waals surface area contributed by atoms with E-state index in [9.17, 15) is 14.0 Å². The van der Waals surface area contributed by atoms with Gasteiger partial charge in [-0.3, -0.25) is 9.69 Å². The molecule has 12 heteroatoms. The summed E-state index contributed by atoms with van der Waals surface area (Å²) >= 11 is 0. The SMILES string of the molecule is COc1c(F)cc2cc1Nc1cc(N(C)C(=O)OC(C)(C)C)c3ncc(n3n1)C(=O)N[C@H](C)COC2. The Morgan fingerprint density at radius 2 is 2.06 bits per heavy atom. The molecule has 0 radical (unpaired) electrons. The van der Waals surface area contributed by atoms with Crippen LogP contribution in [-0.2, 0) is 16.1 Å². The molecule has 0 aliphatic carbocycles. The number of carbonyl (C=O) groups is 2. The number of anilines is 3. The lowest BCUT2D eigenvalue weighted by atomic mass is 10.1. The van der Waals surface area contributed by atoms with E-state index < -0.39 is 23.4 Å². The van der Waals surface area contributed by atoms with Gasteiger partial charge in [0.2, 0.25) is 0 Å². The predicted octanol–water partition coefficient (Wildman–Crippen LogP) is 3.64. The second-order valence-electron chi connectivity index (χ2n) is 9.51. The second kappa shape index (κ2) is 9.61. The average Bonchev–Trinajstić information content (AvgIpc) is 3.20. The summed E-state index contributed by atoms with van der Waals surface area (Å²) < 4.78 is 32.6. The number of amides is 2. The number of halogens is 1. The van der Waals surface area contributed by atoms with Crippen molar-refractivity contribution in [2.45, 2.75) is 45.9 Å². The third-order valence-corrected chi connectivity index (χ3v) is 5.29. The maximum absolute atomic E-state index is 14.8. The third-order valence-electron chi connectivity index (χ3n) is 5.29. The molecule has 0 unspecified atom stereocenters. The van der Waals surface area contributed by atoms with Gasteiger partial charge in [0, 0.05) is 19.2 Å². The maximum atomic E-state index is 14.8. The van der Waals surface area contributed by atoms with Crippen molar-refractivity contribution in [2.75, 3.05) is 31.0 Å². The summed E-state index contributed by atoms with van der Waals surface area (Å²) in [6, 6.07) is 4.22. The highest BCUT2D eigenvalue weighted by atomic mass is 19.1. The topological polar surface area (TPSA) is 119 Å². The molecule has 4 rings (SSSR count). The van der Waals surface area contributed by atoms with Gasteiger partial charge in [-0.1, -0.05) is 0 Å². The summed E-state index contributed by atoms with van der Waals surface area (Å²) in [6.45, 7) is 7.38. The molecule has 36 heavy (non-hydrogen) atoms. The number of nitrogens with one attached hydrogen (secondary N) is 2. The fraction of sp³-hybridized carbons (Fsp3) is 0.417. The highest BCUT2D eigenvalue weighted by Crippen LogP contribution is 2.33. The Kier molecular flexibility index (Phi) is 6.72. The first-order valence-corrected chi connectivity index (χ1v) is 11.3. The molecule has 0 saturated heterocycles. The average molecular weight is 501 g/mol. The Labute approximate surface area is 207 Å².